The van der Waals surface area contributed by atoms with Crippen LogP contribution in [0.2, 0.25) is 0 Å². The van der Waals surface area contributed by atoms with Crippen LogP contribution in [-0.2, 0) is 13.0 Å². The Kier molecular flexibility index (Phi) is 5.70. The van der Waals surface area contributed by atoms with Gasteiger partial charge in [-0.3, -0.25) is 0 Å². The van der Waals surface area contributed by atoms with Gasteiger partial charge in [-0.2, -0.15) is 0 Å². The van der Waals surface area contributed by atoms with Crippen LogP contribution in [0.15, 0.2) is 17.1 Å². The summed E-state index contributed by atoms with van der Waals surface area (Å²) in [5.74, 6) is 1.93. The van der Waals surface area contributed by atoms with E-state index in [-0.39, 0.29) is 0 Å². The molecule has 1 fully saturated rings. The van der Waals surface area contributed by atoms with E-state index in [0.717, 1.165) is 37.9 Å². The van der Waals surface area contributed by atoms with Crippen LogP contribution in [0.1, 0.15) is 42.9 Å². The van der Waals surface area contributed by atoms with Crippen LogP contribution >= 0.6 is 11.3 Å². The number of guanidine groups is 1. The third-order valence-corrected chi connectivity index (χ3v) is 4.56. The van der Waals surface area contributed by atoms with E-state index in [2.05, 4.69) is 41.6 Å². The van der Waals surface area contributed by atoms with Crippen molar-refractivity contribution in [1.82, 2.24) is 10.6 Å². The summed E-state index contributed by atoms with van der Waals surface area (Å²) < 4.78 is 0. The van der Waals surface area contributed by atoms with Crippen LogP contribution in [-0.4, -0.2) is 19.0 Å². The SMILES string of the molecule is CCNC(=NCc1ccc(CC)s1)NCCC1CC1. The molecule has 1 heterocycles. The zero-order valence-electron chi connectivity index (χ0n) is 12.0. The molecular formula is C15H25N3S. The van der Waals surface area contributed by atoms with Crippen LogP contribution in [0.3, 0.4) is 0 Å². The summed E-state index contributed by atoms with van der Waals surface area (Å²) in [5, 5.41) is 6.74. The first-order valence-electron chi connectivity index (χ1n) is 7.41. The number of aliphatic imine (C=N–C) groups is 1. The molecule has 1 saturated carbocycles. The van der Waals surface area contributed by atoms with Crippen LogP contribution in [0, 0.1) is 5.92 Å². The van der Waals surface area contributed by atoms with Crippen molar-refractivity contribution < 1.29 is 0 Å². The van der Waals surface area contributed by atoms with Gasteiger partial charge in [0.25, 0.3) is 0 Å². The van der Waals surface area contributed by atoms with Crippen molar-refractivity contribution in [3.05, 3.63) is 21.9 Å². The molecule has 4 heteroatoms. The van der Waals surface area contributed by atoms with E-state index in [0.29, 0.717) is 0 Å². The molecule has 3 nitrogen and oxygen atoms in total. The van der Waals surface area contributed by atoms with Crippen molar-refractivity contribution >= 4 is 17.3 Å². The molecule has 1 aliphatic carbocycles. The lowest BCUT2D eigenvalue weighted by Crippen LogP contribution is -2.37. The van der Waals surface area contributed by atoms with Crippen molar-refractivity contribution in [2.45, 2.75) is 46.1 Å². The number of hydrogen-bond acceptors (Lipinski definition) is 2. The van der Waals surface area contributed by atoms with E-state index in [9.17, 15) is 0 Å². The van der Waals surface area contributed by atoms with E-state index >= 15 is 0 Å². The van der Waals surface area contributed by atoms with Crippen LogP contribution in [0.5, 0.6) is 0 Å². The number of rotatable bonds is 7. The van der Waals surface area contributed by atoms with Gasteiger partial charge in [0, 0.05) is 22.8 Å². The highest BCUT2D eigenvalue weighted by atomic mass is 32.1. The quantitative estimate of drug-likeness (QED) is 0.594. The maximum Gasteiger partial charge on any atom is 0.191 e. The van der Waals surface area contributed by atoms with Gasteiger partial charge in [0.15, 0.2) is 5.96 Å². The summed E-state index contributed by atoms with van der Waals surface area (Å²) in [6.07, 6.45) is 5.24. The number of aryl methyl sites for hydroxylation is 1. The minimum Gasteiger partial charge on any atom is -0.357 e. The minimum absolute atomic E-state index is 0.781. The highest BCUT2D eigenvalue weighted by molar-refractivity contribution is 7.11. The molecule has 0 spiro atoms. The third kappa shape index (κ3) is 5.23. The lowest BCUT2D eigenvalue weighted by Gasteiger charge is -2.10. The van der Waals surface area contributed by atoms with Crippen molar-refractivity contribution in [2.24, 2.45) is 10.9 Å². The zero-order chi connectivity index (χ0) is 13.5. The smallest absolute Gasteiger partial charge is 0.191 e. The van der Waals surface area contributed by atoms with Crippen LogP contribution < -0.4 is 10.6 Å². The van der Waals surface area contributed by atoms with Gasteiger partial charge in [0.1, 0.15) is 0 Å². The predicted molar refractivity (Wildman–Crippen MR) is 83.9 cm³/mol. The van der Waals surface area contributed by atoms with Crippen LogP contribution in [0.25, 0.3) is 0 Å². The Morgan fingerprint density at radius 1 is 1.26 bits per heavy atom. The Morgan fingerprint density at radius 2 is 2.05 bits per heavy atom. The van der Waals surface area contributed by atoms with Gasteiger partial charge in [0.2, 0.25) is 0 Å². The number of hydrogen-bond donors (Lipinski definition) is 2. The molecule has 0 amide bonds. The number of thiophene rings is 1. The van der Waals surface area contributed by atoms with Gasteiger partial charge >= 0.3 is 0 Å². The van der Waals surface area contributed by atoms with Gasteiger partial charge in [0.05, 0.1) is 6.54 Å². The Balaban J connectivity index is 1.79. The Bertz CT molecular complexity index is 407. The second kappa shape index (κ2) is 7.53. The second-order valence-electron chi connectivity index (χ2n) is 5.08. The molecule has 0 saturated heterocycles. The molecule has 1 aromatic rings. The predicted octanol–water partition coefficient (Wildman–Crippen LogP) is 3.17. The molecule has 1 aromatic heterocycles. The second-order valence-corrected chi connectivity index (χ2v) is 6.33. The molecule has 0 aliphatic heterocycles. The van der Waals surface area contributed by atoms with Gasteiger partial charge in [-0.05, 0) is 37.8 Å². The third-order valence-electron chi connectivity index (χ3n) is 3.34. The average molecular weight is 279 g/mol. The maximum atomic E-state index is 4.65. The summed E-state index contributed by atoms with van der Waals surface area (Å²) >= 11 is 1.87. The van der Waals surface area contributed by atoms with E-state index in [4.69, 9.17) is 0 Å². The fraction of sp³-hybridized carbons (Fsp3) is 0.667. The van der Waals surface area contributed by atoms with E-state index < -0.39 is 0 Å². The molecule has 0 bridgehead atoms. The Hall–Kier alpha value is -1.03. The van der Waals surface area contributed by atoms with Crippen LogP contribution in [0.4, 0.5) is 0 Å². The van der Waals surface area contributed by atoms with Gasteiger partial charge in [-0.1, -0.05) is 19.8 Å². The van der Waals surface area contributed by atoms with Crippen molar-refractivity contribution in [2.75, 3.05) is 13.1 Å². The molecular weight excluding hydrogens is 254 g/mol. The van der Waals surface area contributed by atoms with Crippen molar-refractivity contribution in [3.63, 3.8) is 0 Å². The first-order valence-corrected chi connectivity index (χ1v) is 8.23. The summed E-state index contributed by atoms with van der Waals surface area (Å²) in [6.45, 7) is 7.05. The molecule has 0 radical (unpaired) electrons. The zero-order valence-corrected chi connectivity index (χ0v) is 12.9. The molecule has 0 atom stereocenters. The van der Waals surface area contributed by atoms with Crippen molar-refractivity contribution in [1.29, 1.82) is 0 Å². The maximum absolute atomic E-state index is 4.65. The van der Waals surface area contributed by atoms with Crippen molar-refractivity contribution in [3.8, 4) is 0 Å². The average Bonchev–Trinajstić information content (AvgIpc) is 3.12. The van der Waals surface area contributed by atoms with E-state index in [1.165, 1.54) is 29.0 Å². The summed E-state index contributed by atoms with van der Waals surface area (Å²) in [6, 6.07) is 4.41. The molecule has 1 aliphatic rings. The fourth-order valence-corrected chi connectivity index (χ4v) is 2.88. The first kappa shape index (κ1) is 14.4. The lowest BCUT2D eigenvalue weighted by molar-refractivity contribution is 0.685. The topological polar surface area (TPSA) is 36.4 Å². The van der Waals surface area contributed by atoms with Gasteiger partial charge in [-0.15, -0.1) is 11.3 Å². The summed E-state index contributed by atoms with van der Waals surface area (Å²) in [7, 11) is 0. The standard InChI is InChI=1S/C15H25N3S/c1-3-13-7-8-14(19-13)11-18-15(16-4-2)17-10-9-12-5-6-12/h7-8,12H,3-6,9-11H2,1-2H3,(H2,16,17,18). The summed E-state index contributed by atoms with van der Waals surface area (Å²) in [4.78, 5) is 7.44. The Labute approximate surface area is 120 Å². The largest absolute Gasteiger partial charge is 0.357 e. The Morgan fingerprint density at radius 3 is 2.68 bits per heavy atom. The highest BCUT2D eigenvalue weighted by Crippen LogP contribution is 2.31. The fourth-order valence-electron chi connectivity index (χ4n) is 2.00. The minimum atomic E-state index is 0.781. The summed E-state index contributed by atoms with van der Waals surface area (Å²) in [5.41, 5.74) is 0. The highest BCUT2D eigenvalue weighted by Gasteiger charge is 2.20. The molecule has 2 N–H and O–H groups in total. The molecule has 19 heavy (non-hydrogen) atoms. The first-order chi connectivity index (χ1) is 9.31. The lowest BCUT2D eigenvalue weighted by atomic mass is 10.3. The molecule has 106 valence electrons. The number of nitrogens with zero attached hydrogens (tertiary/aromatic N) is 1. The molecule has 0 unspecified atom stereocenters. The van der Waals surface area contributed by atoms with Gasteiger partial charge < -0.3 is 10.6 Å². The van der Waals surface area contributed by atoms with E-state index in [1.54, 1.807) is 0 Å². The molecule has 2 rings (SSSR count). The van der Waals surface area contributed by atoms with E-state index in [1.807, 2.05) is 11.3 Å². The normalized spacial score (nSPS) is 15.6. The molecule has 0 aromatic carbocycles. The monoisotopic (exact) mass is 279 g/mol. The van der Waals surface area contributed by atoms with Gasteiger partial charge in [-0.25, -0.2) is 4.99 Å². The number of nitrogens with one attached hydrogen (secondary N) is 2.